The van der Waals surface area contributed by atoms with Crippen LogP contribution in [0.1, 0.15) is 25.0 Å². The van der Waals surface area contributed by atoms with Crippen molar-refractivity contribution in [3.63, 3.8) is 0 Å². The quantitative estimate of drug-likeness (QED) is 0.575. The summed E-state index contributed by atoms with van der Waals surface area (Å²) in [5.41, 5.74) is 1.77. The molecule has 0 saturated carbocycles. The van der Waals surface area contributed by atoms with Gasteiger partial charge in [0.05, 0.1) is 18.2 Å². The maximum Gasteiger partial charge on any atom is 0.333 e. The van der Waals surface area contributed by atoms with Crippen LogP contribution in [-0.4, -0.2) is 12.6 Å². The molecule has 0 spiro atoms. The van der Waals surface area contributed by atoms with E-state index in [1.807, 2.05) is 6.07 Å². The molecule has 0 aromatic heterocycles. The van der Waals surface area contributed by atoms with Gasteiger partial charge in [-0.2, -0.15) is 5.26 Å². The zero-order valence-corrected chi connectivity index (χ0v) is 9.36. The minimum absolute atomic E-state index is 0.351. The molecule has 0 fully saturated rings. The molecular weight excluding hydrogens is 202 g/mol. The van der Waals surface area contributed by atoms with Crippen LogP contribution in [0, 0.1) is 11.3 Å². The summed E-state index contributed by atoms with van der Waals surface area (Å²) < 4.78 is 4.86. The van der Waals surface area contributed by atoms with E-state index in [0.29, 0.717) is 17.7 Å². The Morgan fingerprint density at radius 3 is 2.81 bits per heavy atom. The predicted molar refractivity (Wildman–Crippen MR) is 61.4 cm³/mol. The highest BCUT2D eigenvalue weighted by molar-refractivity contribution is 5.93. The van der Waals surface area contributed by atoms with E-state index < -0.39 is 0 Å². The van der Waals surface area contributed by atoms with Crippen molar-refractivity contribution in [1.29, 1.82) is 5.26 Å². The van der Waals surface area contributed by atoms with Gasteiger partial charge in [-0.05, 0) is 31.6 Å². The summed E-state index contributed by atoms with van der Waals surface area (Å²) in [4.78, 5) is 11.4. The molecule has 0 amide bonds. The lowest BCUT2D eigenvalue weighted by Gasteiger charge is -2.02. The van der Waals surface area contributed by atoms with Crippen molar-refractivity contribution in [1.82, 2.24) is 0 Å². The first-order chi connectivity index (χ1) is 7.69. The molecule has 1 aromatic carbocycles. The lowest BCUT2D eigenvalue weighted by atomic mass is 10.1. The lowest BCUT2D eigenvalue weighted by molar-refractivity contribution is -0.138. The highest BCUT2D eigenvalue weighted by atomic mass is 16.5. The first kappa shape index (κ1) is 12.0. The van der Waals surface area contributed by atoms with Crippen LogP contribution >= 0.6 is 0 Å². The fraction of sp³-hybridized carbons (Fsp3) is 0.231. The van der Waals surface area contributed by atoms with E-state index in [4.69, 9.17) is 10.00 Å². The van der Waals surface area contributed by atoms with Crippen LogP contribution in [0.4, 0.5) is 0 Å². The molecule has 1 rings (SSSR count). The first-order valence-electron chi connectivity index (χ1n) is 5.03. The summed E-state index contributed by atoms with van der Waals surface area (Å²) in [7, 11) is 0. The van der Waals surface area contributed by atoms with Gasteiger partial charge in [-0.25, -0.2) is 4.79 Å². The van der Waals surface area contributed by atoms with Crippen molar-refractivity contribution in [3.05, 3.63) is 41.0 Å². The third-order valence-electron chi connectivity index (χ3n) is 2.05. The number of carbonyl (C=O) groups excluding carboxylic acids is 1. The molecule has 3 nitrogen and oxygen atoms in total. The zero-order valence-electron chi connectivity index (χ0n) is 9.36. The molecule has 0 aliphatic carbocycles. The molecule has 0 unspecified atom stereocenters. The SMILES string of the molecule is CCOC(=O)/C(C)=C/c1ccccc1C#N. The molecule has 82 valence electrons. The van der Waals surface area contributed by atoms with Gasteiger partial charge in [-0.15, -0.1) is 0 Å². The second kappa shape index (κ2) is 5.72. The highest BCUT2D eigenvalue weighted by Crippen LogP contribution is 2.12. The summed E-state index contributed by atoms with van der Waals surface area (Å²) in [6, 6.07) is 9.19. The second-order valence-electron chi connectivity index (χ2n) is 3.25. The number of hydrogen-bond donors (Lipinski definition) is 0. The summed E-state index contributed by atoms with van der Waals surface area (Å²) in [6.07, 6.45) is 1.66. The number of nitrogens with zero attached hydrogens (tertiary/aromatic N) is 1. The van der Waals surface area contributed by atoms with Crippen molar-refractivity contribution in [2.45, 2.75) is 13.8 Å². The van der Waals surface area contributed by atoms with E-state index in [2.05, 4.69) is 6.07 Å². The molecule has 0 saturated heterocycles. The zero-order chi connectivity index (χ0) is 12.0. The Morgan fingerprint density at radius 1 is 1.50 bits per heavy atom. The average molecular weight is 215 g/mol. The number of ether oxygens (including phenoxy) is 1. The summed E-state index contributed by atoms with van der Waals surface area (Å²) in [5, 5.41) is 8.88. The predicted octanol–water partition coefficient (Wildman–Crippen LogP) is 2.52. The Morgan fingerprint density at radius 2 is 2.19 bits per heavy atom. The molecule has 3 heteroatoms. The van der Waals surface area contributed by atoms with E-state index in [1.165, 1.54) is 0 Å². The molecule has 0 bridgehead atoms. The molecule has 16 heavy (non-hydrogen) atoms. The van der Waals surface area contributed by atoms with Crippen molar-refractivity contribution < 1.29 is 9.53 Å². The third-order valence-corrected chi connectivity index (χ3v) is 2.05. The minimum atomic E-state index is -0.352. The van der Waals surface area contributed by atoms with Crippen LogP contribution in [0.5, 0.6) is 0 Å². The topological polar surface area (TPSA) is 50.1 Å². The Bertz CT molecular complexity index is 455. The van der Waals surface area contributed by atoms with Crippen LogP contribution in [0.15, 0.2) is 29.8 Å². The summed E-state index contributed by atoms with van der Waals surface area (Å²) >= 11 is 0. The van der Waals surface area contributed by atoms with E-state index in [9.17, 15) is 4.79 Å². The lowest BCUT2D eigenvalue weighted by Crippen LogP contribution is -2.04. The van der Waals surface area contributed by atoms with E-state index in [-0.39, 0.29) is 5.97 Å². The van der Waals surface area contributed by atoms with Crippen LogP contribution in [0.2, 0.25) is 0 Å². The van der Waals surface area contributed by atoms with Gasteiger partial charge in [0.2, 0.25) is 0 Å². The average Bonchev–Trinajstić information content (AvgIpc) is 2.30. The highest BCUT2D eigenvalue weighted by Gasteiger charge is 2.05. The van der Waals surface area contributed by atoms with E-state index in [1.54, 1.807) is 38.1 Å². The number of hydrogen-bond acceptors (Lipinski definition) is 3. The molecule has 0 heterocycles. The van der Waals surface area contributed by atoms with Gasteiger partial charge >= 0.3 is 5.97 Å². The fourth-order valence-electron chi connectivity index (χ4n) is 1.26. The number of rotatable bonds is 3. The van der Waals surface area contributed by atoms with Gasteiger partial charge in [0.1, 0.15) is 0 Å². The van der Waals surface area contributed by atoms with Gasteiger partial charge in [0, 0.05) is 5.57 Å². The molecule has 0 aliphatic rings. The Kier molecular flexibility index (Phi) is 4.28. The molecule has 0 N–H and O–H groups in total. The van der Waals surface area contributed by atoms with Crippen molar-refractivity contribution in [2.75, 3.05) is 6.61 Å². The van der Waals surface area contributed by atoms with Crippen LogP contribution in [0.25, 0.3) is 6.08 Å². The van der Waals surface area contributed by atoms with E-state index >= 15 is 0 Å². The number of benzene rings is 1. The Labute approximate surface area is 95.0 Å². The summed E-state index contributed by atoms with van der Waals surface area (Å²) in [6.45, 7) is 3.78. The van der Waals surface area contributed by atoms with Gasteiger partial charge in [-0.1, -0.05) is 18.2 Å². The monoisotopic (exact) mass is 215 g/mol. The molecular formula is C13H13NO2. The molecule has 0 aliphatic heterocycles. The van der Waals surface area contributed by atoms with Crippen LogP contribution < -0.4 is 0 Å². The van der Waals surface area contributed by atoms with Crippen LogP contribution in [-0.2, 0) is 9.53 Å². The first-order valence-corrected chi connectivity index (χ1v) is 5.03. The van der Waals surface area contributed by atoms with Gasteiger partial charge in [0.25, 0.3) is 0 Å². The number of nitriles is 1. The van der Waals surface area contributed by atoms with Crippen molar-refractivity contribution >= 4 is 12.0 Å². The normalized spacial score (nSPS) is 10.7. The fourth-order valence-corrected chi connectivity index (χ4v) is 1.26. The minimum Gasteiger partial charge on any atom is -0.463 e. The van der Waals surface area contributed by atoms with Gasteiger partial charge < -0.3 is 4.74 Å². The maximum absolute atomic E-state index is 11.4. The van der Waals surface area contributed by atoms with E-state index in [0.717, 1.165) is 5.56 Å². The maximum atomic E-state index is 11.4. The smallest absolute Gasteiger partial charge is 0.333 e. The Hall–Kier alpha value is -2.08. The molecule has 0 radical (unpaired) electrons. The number of carbonyl (C=O) groups is 1. The van der Waals surface area contributed by atoms with Crippen molar-refractivity contribution in [2.24, 2.45) is 0 Å². The largest absolute Gasteiger partial charge is 0.463 e. The van der Waals surface area contributed by atoms with Gasteiger partial charge in [-0.3, -0.25) is 0 Å². The van der Waals surface area contributed by atoms with Crippen LogP contribution in [0.3, 0.4) is 0 Å². The molecule has 1 aromatic rings. The standard InChI is InChI=1S/C13H13NO2/c1-3-16-13(15)10(2)8-11-6-4-5-7-12(11)9-14/h4-8H,3H2,1-2H3/b10-8+. The summed E-state index contributed by atoms with van der Waals surface area (Å²) in [5.74, 6) is -0.352. The molecule has 0 atom stereocenters. The third kappa shape index (κ3) is 2.96. The van der Waals surface area contributed by atoms with Crippen molar-refractivity contribution in [3.8, 4) is 6.07 Å². The number of esters is 1. The second-order valence-corrected chi connectivity index (χ2v) is 3.25. The Balaban J connectivity index is 2.99. The van der Waals surface area contributed by atoms with Gasteiger partial charge in [0.15, 0.2) is 0 Å².